The number of fused-ring (bicyclic) bond motifs is 3. The number of carbonyl (C=O) groups is 1. The van der Waals surface area contributed by atoms with Crippen LogP contribution in [0.4, 0.5) is 0 Å². The van der Waals surface area contributed by atoms with E-state index in [-0.39, 0.29) is 5.78 Å². The molecule has 3 aromatic rings. The minimum absolute atomic E-state index is 0.110. The fourth-order valence-corrected chi connectivity index (χ4v) is 3.66. The molecule has 0 aromatic heterocycles. The molecule has 0 radical (unpaired) electrons. The maximum absolute atomic E-state index is 12.2. The van der Waals surface area contributed by atoms with Gasteiger partial charge < -0.3 is 0 Å². The van der Waals surface area contributed by atoms with E-state index in [0.29, 0.717) is 5.33 Å². The van der Waals surface area contributed by atoms with Crippen molar-refractivity contribution in [3.8, 4) is 0 Å². The Hall–Kier alpha value is -0.840. The summed E-state index contributed by atoms with van der Waals surface area (Å²) in [4.78, 5) is 13.5. The normalized spacial score (nSPS) is 11.2. The summed E-state index contributed by atoms with van der Waals surface area (Å²) in [5.74, 6) is 0.110. The minimum atomic E-state index is 0.110. The van der Waals surface area contributed by atoms with Gasteiger partial charge in [-0.05, 0) is 58.1 Å². The van der Waals surface area contributed by atoms with Crippen LogP contribution in [0, 0.1) is 0 Å². The lowest BCUT2D eigenvalue weighted by Crippen LogP contribution is -2.01. The highest BCUT2D eigenvalue weighted by atomic mass is 79.9. The van der Waals surface area contributed by atoms with Gasteiger partial charge in [0, 0.05) is 14.9 Å². The minimum Gasteiger partial charge on any atom is -0.293 e. The number of rotatable bonds is 3. The number of ketones is 1. The molecular weight excluding hydrogens is 412 g/mol. The molecule has 1 nitrogen and oxygen atoms in total. The number of hydrogen-bond acceptors (Lipinski definition) is 2. The van der Waals surface area contributed by atoms with Crippen LogP contribution < -0.4 is 0 Å². The van der Waals surface area contributed by atoms with Gasteiger partial charge in [0.15, 0.2) is 5.78 Å². The highest BCUT2D eigenvalue weighted by Crippen LogP contribution is 2.33. The van der Waals surface area contributed by atoms with Gasteiger partial charge in [0.25, 0.3) is 0 Å². The Balaban J connectivity index is 2.47. The summed E-state index contributed by atoms with van der Waals surface area (Å²) in [6.07, 6.45) is 2.06. The molecule has 0 saturated carbocycles. The maximum Gasteiger partial charge on any atom is 0.174 e. The van der Waals surface area contributed by atoms with Gasteiger partial charge in [-0.1, -0.05) is 44.0 Å². The lowest BCUT2D eigenvalue weighted by atomic mass is 9.95. The zero-order chi connectivity index (χ0) is 15.0. The highest BCUT2D eigenvalue weighted by Gasteiger charge is 2.13. The standard InChI is InChI=1S/C17H12Br2OS/c1-21-12-3-5-14-15(8-12)13-4-2-11(19)6-10(13)7-16(14)17(20)9-18/h2-8H,9H2,1H3. The van der Waals surface area contributed by atoms with Crippen molar-refractivity contribution >= 4 is 70.9 Å². The first-order valence-corrected chi connectivity index (χ1v) is 9.57. The molecule has 0 bridgehead atoms. The van der Waals surface area contributed by atoms with Crippen molar-refractivity contribution in [2.24, 2.45) is 0 Å². The lowest BCUT2D eigenvalue weighted by Gasteiger charge is -2.11. The fraction of sp³-hybridized carbons (Fsp3) is 0.118. The third-order valence-corrected chi connectivity index (χ3v) is 5.27. The van der Waals surface area contributed by atoms with Gasteiger partial charge in [0.1, 0.15) is 0 Å². The maximum atomic E-state index is 12.2. The Morgan fingerprint density at radius 1 is 1.05 bits per heavy atom. The summed E-state index contributed by atoms with van der Waals surface area (Å²) in [5, 5.41) is 4.75. The molecule has 106 valence electrons. The summed E-state index contributed by atoms with van der Waals surface area (Å²) >= 11 is 8.50. The molecule has 4 heteroatoms. The van der Waals surface area contributed by atoms with Gasteiger partial charge in [0.05, 0.1) is 5.33 Å². The van der Waals surface area contributed by atoms with Crippen LogP contribution in [0.2, 0.25) is 0 Å². The summed E-state index contributed by atoms with van der Waals surface area (Å²) < 4.78 is 1.02. The predicted molar refractivity (Wildman–Crippen MR) is 99.1 cm³/mol. The van der Waals surface area contributed by atoms with Gasteiger partial charge in [0.2, 0.25) is 0 Å². The van der Waals surface area contributed by atoms with E-state index in [1.54, 1.807) is 11.8 Å². The molecule has 0 amide bonds. The van der Waals surface area contributed by atoms with Crippen LogP contribution in [-0.2, 0) is 0 Å². The average Bonchev–Trinajstić information content (AvgIpc) is 2.52. The molecule has 21 heavy (non-hydrogen) atoms. The van der Waals surface area contributed by atoms with E-state index in [1.165, 1.54) is 10.3 Å². The van der Waals surface area contributed by atoms with E-state index in [4.69, 9.17) is 0 Å². The van der Waals surface area contributed by atoms with Crippen molar-refractivity contribution in [1.29, 1.82) is 0 Å². The third kappa shape index (κ3) is 2.77. The lowest BCUT2D eigenvalue weighted by molar-refractivity contribution is 0.102. The van der Waals surface area contributed by atoms with Crippen molar-refractivity contribution < 1.29 is 4.79 Å². The smallest absolute Gasteiger partial charge is 0.174 e. The number of Topliss-reactive ketones (excluding diaryl/α,β-unsaturated/α-hetero) is 1. The van der Waals surface area contributed by atoms with E-state index in [1.807, 2.05) is 12.1 Å². The molecule has 3 aromatic carbocycles. The first-order chi connectivity index (χ1) is 10.1. The summed E-state index contributed by atoms with van der Waals surface area (Å²) in [6, 6.07) is 14.5. The van der Waals surface area contributed by atoms with E-state index in [9.17, 15) is 4.79 Å². The number of thioether (sulfide) groups is 1. The van der Waals surface area contributed by atoms with Crippen LogP contribution in [0.5, 0.6) is 0 Å². The molecule has 3 rings (SSSR count). The zero-order valence-electron chi connectivity index (χ0n) is 11.3. The zero-order valence-corrected chi connectivity index (χ0v) is 15.3. The molecule has 0 unspecified atom stereocenters. The topological polar surface area (TPSA) is 17.1 Å². The number of alkyl halides is 1. The van der Waals surface area contributed by atoms with E-state index >= 15 is 0 Å². The van der Waals surface area contributed by atoms with Gasteiger partial charge in [-0.25, -0.2) is 0 Å². The molecule has 0 aliphatic carbocycles. The molecule has 0 saturated heterocycles. The van der Waals surface area contributed by atoms with Crippen LogP contribution in [0.1, 0.15) is 10.4 Å². The molecular formula is C17H12Br2OS. The number of halogens is 2. The Morgan fingerprint density at radius 2 is 1.81 bits per heavy atom. The Labute approximate surface area is 144 Å². The molecule has 0 aliphatic rings. The van der Waals surface area contributed by atoms with Gasteiger partial charge in [-0.2, -0.15) is 0 Å². The molecule has 0 heterocycles. The molecule has 0 aliphatic heterocycles. The monoisotopic (exact) mass is 422 g/mol. The summed E-state index contributed by atoms with van der Waals surface area (Å²) in [5.41, 5.74) is 0.778. The fourth-order valence-electron chi connectivity index (χ4n) is 2.54. The van der Waals surface area contributed by atoms with Crippen LogP contribution in [-0.4, -0.2) is 17.4 Å². The Bertz CT molecular complexity index is 858. The van der Waals surface area contributed by atoms with Crippen molar-refractivity contribution in [2.75, 3.05) is 11.6 Å². The van der Waals surface area contributed by atoms with Crippen LogP contribution >= 0.6 is 43.6 Å². The first kappa shape index (κ1) is 15.1. The third-order valence-electron chi connectivity index (χ3n) is 3.54. The number of carbonyl (C=O) groups excluding carboxylic acids is 1. The number of benzene rings is 3. The van der Waals surface area contributed by atoms with Gasteiger partial charge >= 0.3 is 0 Å². The SMILES string of the molecule is CSc1ccc2c(C(=O)CBr)cc3cc(Br)ccc3c2c1. The Morgan fingerprint density at radius 3 is 2.52 bits per heavy atom. The van der Waals surface area contributed by atoms with Crippen molar-refractivity contribution in [1.82, 2.24) is 0 Å². The molecule has 0 fully saturated rings. The largest absolute Gasteiger partial charge is 0.293 e. The quantitative estimate of drug-likeness (QED) is 0.220. The summed E-state index contributed by atoms with van der Waals surface area (Å²) in [7, 11) is 0. The van der Waals surface area contributed by atoms with Gasteiger partial charge in [-0.3, -0.25) is 4.79 Å². The second-order valence-corrected chi connectivity index (χ2v) is 7.11. The van der Waals surface area contributed by atoms with Crippen molar-refractivity contribution in [3.63, 3.8) is 0 Å². The second kappa shape index (κ2) is 6.11. The first-order valence-electron chi connectivity index (χ1n) is 6.43. The predicted octanol–water partition coefficient (Wildman–Crippen LogP) is 6.06. The molecule has 0 N–H and O–H groups in total. The van der Waals surface area contributed by atoms with Crippen molar-refractivity contribution in [3.05, 3.63) is 52.5 Å². The van der Waals surface area contributed by atoms with Crippen LogP contribution in [0.15, 0.2) is 51.8 Å². The van der Waals surface area contributed by atoms with Crippen molar-refractivity contribution in [2.45, 2.75) is 4.90 Å². The van der Waals surface area contributed by atoms with Crippen LogP contribution in [0.25, 0.3) is 21.5 Å². The average molecular weight is 424 g/mol. The Kier molecular flexibility index (Phi) is 4.38. The summed E-state index contributed by atoms with van der Waals surface area (Å²) in [6.45, 7) is 0. The highest BCUT2D eigenvalue weighted by molar-refractivity contribution is 9.10. The van der Waals surface area contributed by atoms with Gasteiger partial charge in [-0.15, -0.1) is 11.8 Å². The number of hydrogen-bond donors (Lipinski definition) is 0. The van der Waals surface area contributed by atoms with Crippen LogP contribution in [0.3, 0.4) is 0 Å². The van der Waals surface area contributed by atoms with E-state index in [2.05, 4.69) is 68.4 Å². The molecule has 0 atom stereocenters. The molecule has 0 spiro atoms. The van der Waals surface area contributed by atoms with E-state index in [0.717, 1.165) is 26.2 Å². The van der Waals surface area contributed by atoms with E-state index < -0.39 is 0 Å². The second-order valence-electron chi connectivity index (χ2n) is 4.76.